The fourth-order valence-electron chi connectivity index (χ4n) is 3.01. The molecule has 2 aliphatic carbocycles. The van der Waals surface area contributed by atoms with E-state index in [4.69, 9.17) is 54.2 Å². The first-order valence-electron chi connectivity index (χ1n) is 6.21. The van der Waals surface area contributed by atoms with E-state index in [9.17, 15) is 0 Å². The van der Waals surface area contributed by atoms with Crippen LogP contribution in [0, 0.1) is 17.8 Å². The molecule has 18 heavy (non-hydrogen) atoms. The lowest BCUT2D eigenvalue weighted by Gasteiger charge is -2.24. The summed E-state index contributed by atoms with van der Waals surface area (Å²) >= 11 is 12.9. The molecule has 0 nitrogen and oxygen atoms in total. The van der Waals surface area contributed by atoms with Crippen LogP contribution in [0.25, 0.3) is 0 Å². The van der Waals surface area contributed by atoms with E-state index in [2.05, 4.69) is 12.2 Å². The standard InChI is InChI=1S/C11H17Cl5SSi/c12-17(13,14)4-6-18(15,16)5-3-11-8-9-1-2-10(11)7-9/h1-2,9-11H,3-8H2. The van der Waals surface area contributed by atoms with E-state index in [1.54, 1.807) is 0 Å². The van der Waals surface area contributed by atoms with E-state index in [-0.39, 0.29) is 0 Å². The molecule has 0 spiro atoms. The lowest BCUT2D eigenvalue weighted by atomic mass is 9.91. The summed E-state index contributed by atoms with van der Waals surface area (Å²) in [6.45, 7) is -2.22. The van der Waals surface area contributed by atoms with Crippen molar-refractivity contribution in [3.05, 3.63) is 12.2 Å². The van der Waals surface area contributed by atoms with Gasteiger partial charge in [0, 0.05) is 5.75 Å². The second-order valence-electron chi connectivity index (χ2n) is 5.39. The Bertz CT molecular complexity index is 328. The molecule has 0 saturated heterocycles. The predicted octanol–water partition coefficient (Wildman–Crippen LogP) is 6.77. The highest BCUT2D eigenvalue weighted by Crippen LogP contribution is 2.64. The van der Waals surface area contributed by atoms with Crippen molar-refractivity contribution < 1.29 is 0 Å². The van der Waals surface area contributed by atoms with Crippen LogP contribution >= 0.6 is 61.9 Å². The average molecular weight is 387 g/mol. The normalized spacial score (nSPS) is 32.2. The third kappa shape index (κ3) is 4.94. The third-order valence-electron chi connectivity index (χ3n) is 4.00. The van der Waals surface area contributed by atoms with E-state index in [1.807, 2.05) is 0 Å². The van der Waals surface area contributed by atoms with Gasteiger partial charge < -0.3 is 0 Å². The first-order chi connectivity index (χ1) is 8.25. The summed E-state index contributed by atoms with van der Waals surface area (Å²) in [5.74, 6) is 2.90. The van der Waals surface area contributed by atoms with Gasteiger partial charge >= 0.3 is 0 Å². The molecular formula is C11H17Cl5SSi. The van der Waals surface area contributed by atoms with Gasteiger partial charge in [0.25, 0.3) is 6.69 Å². The highest BCUT2D eigenvalue weighted by atomic mass is 36.2. The summed E-state index contributed by atoms with van der Waals surface area (Å²) in [5, 5.41) is 0. The average Bonchev–Trinajstić information content (AvgIpc) is 2.85. The minimum absolute atomic E-state index is 0.535. The van der Waals surface area contributed by atoms with E-state index >= 15 is 0 Å². The van der Waals surface area contributed by atoms with E-state index in [0.29, 0.717) is 11.8 Å². The Hall–Kier alpha value is 1.76. The Morgan fingerprint density at radius 1 is 1.06 bits per heavy atom. The van der Waals surface area contributed by atoms with Crippen molar-refractivity contribution in [1.82, 2.24) is 0 Å². The molecule has 3 atom stereocenters. The number of hydrogen-bond donors (Lipinski definition) is 0. The fourth-order valence-corrected chi connectivity index (χ4v) is 10.3. The van der Waals surface area contributed by atoms with E-state index < -0.39 is 14.4 Å². The second kappa shape index (κ2) is 6.25. The summed E-state index contributed by atoms with van der Waals surface area (Å²) in [4.78, 5) is 0. The Morgan fingerprint density at radius 3 is 2.28 bits per heavy atom. The number of hydrogen-bond acceptors (Lipinski definition) is 0. The van der Waals surface area contributed by atoms with Gasteiger partial charge in [0.2, 0.25) is 0 Å². The summed E-state index contributed by atoms with van der Waals surface area (Å²) in [7, 11) is 15.5. The summed E-state index contributed by atoms with van der Waals surface area (Å²) in [6, 6.07) is 1.62. The number of fused-ring (bicyclic) bond motifs is 2. The molecule has 2 aliphatic rings. The molecule has 1 saturated carbocycles. The lowest BCUT2D eigenvalue weighted by Crippen LogP contribution is -2.22. The van der Waals surface area contributed by atoms with Gasteiger partial charge in [-0.1, -0.05) is 18.6 Å². The van der Waals surface area contributed by atoms with Gasteiger partial charge in [0.15, 0.2) is 0 Å². The molecule has 0 N–H and O–H groups in total. The molecule has 7 heteroatoms. The SMILES string of the molecule is Cl[Si](Cl)(CCC1CC2C=CC1C2)CCS(Cl)(Cl)Cl. The maximum absolute atomic E-state index is 6.45. The summed E-state index contributed by atoms with van der Waals surface area (Å²) < 4.78 is 0. The number of rotatable bonds is 6. The van der Waals surface area contributed by atoms with Gasteiger partial charge in [-0.15, -0.1) is 22.2 Å². The van der Waals surface area contributed by atoms with Crippen LogP contribution in [0.2, 0.25) is 12.1 Å². The Kier molecular flexibility index (Phi) is 5.60. The number of allylic oxidation sites excluding steroid dienone is 2. The van der Waals surface area contributed by atoms with Crippen LogP contribution in [0.15, 0.2) is 12.2 Å². The highest BCUT2D eigenvalue weighted by Gasteiger charge is 2.38. The summed E-state index contributed by atoms with van der Waals surface area (Å²) in [6.07, 6.45) is 8.52. The molecule has 0 aromatic carbocycles. The van der Waals surface area contributed by atoms with Crippen molar-refractivity contribution in [2.45, 2.75) is 31.4 Å². The molecule has 2 rings (SSSR count). The smallest absolute Gasteiger partial charge is 0.146 e. The highest BCUT2D eigenvalue weighted by molar-refractivity contribution is 8.79. The Morgan fingerprint density at radius 2 is 1.78 bits per heavy atom. The van der Waals surface area contributed by atoms with Crippen LogP contribution in [0.3, 0.4) is 0 Å². The van der Waals surface area contributed by atoms with Gasteiger partial charge in [-0.3, -0.25) is 0 Å². The fraction of sp³-hybridized carbons (Fsp3) is 0.818. The topological polar surface area (TPSA) is 0 Å². The molecule has 106 valence electrons. The summed E-state index contributed by atoms with van der Waals surface area (Å²) in [5.41, 5.74) is 0. The van der Waals surface area contributed by atoms with E-state index in [1.165, 1.54) is 12.8 Å². The number of halogens is 5. The molecule has 0 radical (unpaired) electrons. The van der Waals surface area contributed by atoms with Crippen molar-refractivity contribution in [3.8, 4) is 0 Å². The lowest BCUT2D eigenvalue weighted by molar-refractivity contribution is 0.433. The first kappa shape index (κ1) is 16.1. The predicted molar refractivity (Wildman–Crippen MR) is 90.6 cm³/mol. The zero-order valence-electron chi connectivity index (χ0n) is 9.93. The van der Waals surface area contributed by atoms with Crippen LogP contribution < -0.4 is 0 Å². The largest absolute Gasteiger partial charge is 0.252 e. The van der Waals surface area contributed by atoms with Crippen molar-refractivity contribution in [2.75, 3.05) is 5.75 Å². The monoisotopic (exact) mass is 384 g/mol. The molecule has 3 unspecified atom stereocenters. The maximum atomic E-state index is 6.45. The molecule has 0 heterocycles. The van der Waals surface area contributed by atoms with Crippen molar-refractivity contribution in [3.63, 3.8) is 0 Å². The first-order valence-corrected chi connectivity index (χ1v) is 14.9. The van der Waals surface area contributed by atoms with Gasteiger partial charge in [-0.2, -0.15) is 0 Å². The van der Waals surface area contributed by atoms with Gasteiger partial charge in [-0.05, 0) is 82.4 Å². The van der Waals surface area contributed by atoms with Gasteiger partial charge in [0.1, 0.15) is 0 Å². The second-order valence-corrected chi connectivity index (χ2v) is 20.6. The molecule has 1 fully saturated rings. The minimum Gasteiger partial charge on any atom is -0.146 e. The zero-order valence-corrected chi connectivity index (χ0v) is 15.5. The Labute approximate surface area is 135 Å². The molecule has 0 aromatic heterocycles. The third-order valence-corrected chi connectivity index (χ3v) is 10.7. The van der Waals surface area contributed by atoms with Crippen molar-refractivity contribution in [1.29, 1.82) is 0 Å². The molecular weight excluding hydrogens is 370 g/mol. The van der Waals surface area contributed by atoms with Crippen LogP contribution in [0.4, 0.5) is 0 Å². The Balaban J connectivity index is 1.73. The molecule has 0 aromatic rings. The quantitative estimate of drug-likeness (QED) is 0.268. The maximum Gasteiger partial charge on any atom is 0.252 e. The molecule has 0 amide bonds. The van der Waals surface area contributed by atoms with Crippen molar-refractivity contribution >= 4 is 68.6 Å². The van der Waals surface area contributed by atoms with E-state index in [0.717, 1.165) is 30.2 Å². The van der Waals surface area contributed by atoms with Crippen LogP contribution in [-0.4, -0.2) is 12.4 Å². The van der Waals surface area contributed by atoms with Gasteiger partial charge in [-0.25, -0.2) is 0 Å². The van der Waals surface area contributed by atoms with Crippen LogP contribution in [0.5, 0.6) is 0 Å². The van der Waals surface area contributed by atoms with Crippen molar-refractivity contribution in [2.24, 2.45) is 17.8 Å². The van der Waals surface area contributed by atoms with Crippen LogP contribution in [0.1, 0.15) is 19.3 Å². The molecule has 2 bridgehead atoms. The minimum atomic E-state index is -2.22. The van der Waals surface area contributed by atoms with Gasteiger partial charge in [0.05, 0.1) is 0 Å². The van der Waals surface area contributed by atoms with Crippen LogP contribution in [-0.2, 0) is 0 Å². The molecule has 0 aliphatic heterocycles. The zero-order chi connectivity index (χ0) is 13.4.